The van der Waals surface area contributed by atoms with Crippen molar-refractivity contribution in [3.63, 3.8) is 0 Å². The van der Waals surface area contributed by atoms with Crippen molar-refractivity contribution in [1.29, 1.82) is 0 Å². The Morgan fingerprint density at radius 1 is 1.89 bits per heavy atom. The fourth-order valence-electron chi connectivity index (χ4n) is 0.388. The molecule has 4 heteroatoms. The van der Waals surface area contributed by atoms with E-state index >= 15 is 0 Å². The summed E-state index contributed by atoms with van der Waals surface area (Å²) in [7, 11) is 0. The van der Waals surface area contributed by atoms with Gasteiger partial charge in [-0.2, -0.15) is 0 Å². The van der Waals surface area contributed by atoms with E-state index in [4.69, 9.17) is 10.8 Å². The van der Waals surface area contributed by atoms with Gasteiger partial charge in [-0.15, -0.1) is 0 Å². The molecule has 4 nitrogen and oxygen atoms in total. The van der Waals surface area contributed by atoms with Gasteiger partial charge in [-0.3, -0.25) is 4.79 Å². The van der Waals surface area contributed by atoms with E-state index in [-0.39, 0.29) is 12.5 Å². The molecule has 0 aliphatic carbocycles. The maximum absolute atomic E-state index is 10.6. The second-order valence-electron chi connectivity index (χ2n) is 1.68. The van der Waals surface area contributed by atoms with Crippen LogP contribution < -0.4 is 11.1 Å². The van der Waals surface area contributed by atoms with Gasteiger partial charge in [0.25, 0.3) is 0 Å². The van der Waals surface area contributed by atoms with E-state index in [2.05, 4.69) is 5.32 Å². The monoisotopic (exact) mass is 132 g/mol. The highest BCUT2D eigenvalue weighted by atomic mass is 16.3. The Bertz CT molecular complexity index is 95.0. The standard InChI is InChI=1S/C5H12N2O2/c1-2-7-5(9)4(6)3-8/h4,8H,2-3,6H2,1H3,(H,7,9). The highest BCUT2D eigenvalue weighted by molar-refractivity contribution is 5.81. The van der Waals surface area contributed by atoms with Crippen molar-refractivity contribution in [2.24, 2.45) is 5.73 Å². The van der Waals surface area contributed by atoms with Gasteiger partial charge in [0, 0.05) is 6.54 Å². The third-order valence-electron chi connectivity index (χ3n) is 0.884. The van der Waals surface area contributed by atoms with Crippen LogP contribution in [-0.2, 0) is 4.79 Å². The molecule has 0 aromatic carbocycles. The van der Waals surface area contributed by atoms with Crippen molar-refractivity contribution in [2.75, 3.05) is 13.2 Å². The van der Waals surface area contributed by atoms with Crippen LogP contribution in [0.5, 0.6) is 0 Å². The number of carbonyl (C=O) groups is 1. The zero-order valence-electron chi connectivity index (χ0n) is 5.42. The molecule has 0 aromatic rings. The minimum absolute atomic E-state index is 0.300. The largest absolute Gasteiger partial charge is 0.394 e. The first-order valence-corrected chi connectivity index (χ1v) is 2.86. The molecule has 0 radical (unpaired) electrons. The maximum Gasteiger partial charge on any atom is 0.239 e. The number of nitrogens with one attached hydrogen (secondary N) is 1. The molecule has 4 N–H and O–H groups in total. The van der Waals surface area contributed by atoms with E-state index in [1.54, 1.807) is 6.92 Å². The predicted octanol–water partition coefficient (Wildman–Crippen LogP) is -1.56. The molecule has 1 unspecified atom stereocenters. The topological polar surface area (TPSA) is 75.4 Å². The smallest absolute Gasteiger partial charge is 0.239 e. The normalized spacial score (nSPS) is 12.8. The third kappa shape index (κ3) is 3.05. The SMILES string of the molecule is CCNC(=O)C(N)CO. The van der Waals surface area contributed by atoms with Crippen LogP contribution in [0.4, 0.5) is 0 Å². The Balaban J connectivity index is 3.46. The summed E-state index contributed by atoms with van der Waals surface area (Å²) in [6.45, 7) is 2.04. The molecule has 0 aliphatic rings. The lowest BCUT2D eigenvalue weighted by molar-refractivity contribution is -0.123. The van der Waals surface area contributed by atoms with Crippen LogP contribution in [0.25, 0.3) is 0 Å². The number of hydrogen-bond donors (Lipinski definition) is 3. The fourth-order valence-corrected chi connectivity index (χ4v) is 0.388. The van der Waals surface area contributed by atoms with Gasteiger partial charge in [0.2, 0.25) is 5.91 Å². The first kappa shape index (κ1) is 8.39. The maximum atomic E-state index is 10.6. The molecule has 0 saturated carbocycles. The minimum atomic E-state index is -0.773. The molecule has 0 heterocycles. The van der Waals surface area contributed by atoms with Crippen LogP contribution in [0.3, 0.4) is 0 Å². The molecular weight excluding hydrogens is 120 g/mol. The van der Waals surface area contributed by atoms with Crippen molar-refractivity contribution in [2.45, 2.75) is 13.0 Å². The molecule has 54 valence electrons. The average molecular weight is 132 g/mol. The number of hydrogen-bond acceptors (Lipinski definition) is 3. The van der Waals surface area contributed by atoms with Crippen molar-refractivity contribution < 1.29 is 9.90 Å². The Labute approximate surface area is 54.0 Å². The summed E-state index contributed by atoms with van der Waals surface area (Å²) in [5, 5.41) is 10.8. The number of rotatable bonds is 3. The minimum Gasteiger partial charge on any atom is -0.394 e. The lowest BCUT2D eigenvalue weighted by Gasteiger charge is -2.05. The Morgan fingerprint density at radius 3 is 2.78 bits per heavy atom. The van der Waals surface area contributed by atoms with Gasteiger partial charge in [-0.05, 0) is 6.92 Å². The summed E-state index contributed by atoms with van der Waals surface area (Å²) < 4.78 is 0. The quantitative estimate of drug-likeness (QED) is 0.435. The van der Waals surface area contributed by atoms with Gasteiger partial charge < -0.3 is 16.2 Å². The lowest BCUT2D eigenvalue weighted by Crippen LogP contribution is -2.42. The highest BCUT2D eigenvalue weighted by Crippen LogP contribution is 1.73. The highest BCUT2D eigenvalue weighted by Gasteiger charge is 2.08. The molecule has 0 aliphatic heterocycles. The van der Waals surface area contributed by atoms with Crippen LogP contribution in [0.2, 0.25) is 0 Å². The van der Waals surface area contributed by atoms with Crippen LogP contribution in [0.1, 0.15) is 6.92 Å². The number of nitrogens with two attached hydrogens (primary N) is 1. The third-order valence-corrected chi connectivity index (χ3v) is 0.884. The first-order valence-electron chi connectivity index (χ1n) is 2.86. The molecule has 0 spiro atoms. The summed E-state index contributed by atoms with van der Waals surface area (Å²) in [5.74, 6) is -0.306. The van der Waals surface area contributed by atoms with Gasteiger partial charge in [-0.25, -0.2) is 0 Å². The Kier molecular flexibility index (Phi) is 4.00. The Morgan fingerprint density at radius 2 is 2.44 bits per heavy atom. The van der Waals surface area contributed by atoms with E-state index in [0.29, 0.717) is 6.54 Å². The van der Waals surface area contributed by atoms with E-state index < -0.39 is 6.04 Å². The van der Waals surface area contributed by atoms with E-state index in [1.165, 1.54) is 0 Å². The summed E-state index contributed by atoms with van der Waals surface area (Å²) in [6.07, 6.45) is 0. The number of carbonyl (C=O) groups excluding carboxylic acids is 1. The van der Waals surface area contributed by atoms with E-state index in [9.17, 15) is 4.79 Å². The van der Waals surface area contributed by atoms with Gasteiger partial charge in [0.15, 0.2) is 0 Å². The molecular formula is C5H12N2O2. The van der Waals surface area contributed by atoms with Crippen molar-refractivity contribution in [3.8, 4) is 0 Å². The fraction of sp³-hybridized carbons (Fsp3) is 0.800. The predicted molar refractivity (Wildman–Crippen MR) is 33.7 cm³/mol. The molecule has 0 aromatic heterocycles. The number of likely N-dealkylation sites (N-methyl/N-ethyl adjacent to an activating group) is 1. The summed E-state index contributed by atoms with van der Waals surface area (Å²) in [6, 6.07) is -0.773. The first-order chi connectivity index (χ1) is 4.22. The van der Waals surface area contributed by atoms with Crippen LogP contribution >= 0.6 is 0 Å². The van der Waals surface area contributed by atoms with Gasteiger partial charge in [-0.1, -0.05) is 0 Å². The van der Waals surface area contributed by atoms with E-state index in [1.807, 2.05) is 0 Å². The lowest BCUT2D eigenvalue weighted by atomic mass is 10.3. The number of aliphatic hydroxyl groups is 1. The zero-order chi connectivity index (χ0) is 7.28. The summed E-state index contributed by atoms with van der Waals surface area (Å²) in [5.41, 5.74) is 5.14. The molecule has 0 fully saturated rings. The van der Waals surface area contributed by atoms with Crippen LogP contribution in [0, 0.1) is 0 Å². The second kappa shape index (κ2) is 4.29. The number of aliphatic hydroxyl groups excluding tert-OH is 1. The molecule has 1 amide bonds. The van der Waals surface area contributed by atoms with E-state index in [0.717, 1.165) is 0 Å². The average Bonchev–Trinajstić information content (AvgIpc) is 1.87. The van der Waals surface area contributed by atoms with Gasteiger partial charge in [0.1, 0.15) is 6.04 Å². The summed E-state index contributed by atoms with van der Waals surface area (Å²) >= 11 is 0. The van der Waals surface area contributed by atoms with Gasteiger partial charge in [0.05, 0.1) is 6.61 Å². The van der Waals surface area contributed by atoms with Crippen molar-refractivity contribution >= 4 is 5.91 Å². The molecule has 0 bridgehead atoms. The molecule has 0 rings (SSSR count). The van der Waals surface area contributed by atoms with Crippen molar-refractivity contribution in [1.82, 2.24) is 5.32 Å². The second-order valence-corrected chi connectivity index (χ2v) is 1.68. The van der Waals surface area contributed by atoms with Crippen molar-refractivity contribution in [3.05, 3.63) is 0 Å². The van der Waals surface area contributed by atoms with Gasteiger partial charge >= 0.3 is 0 Å². The summed E-state index contributed by atoms with van der Waals surface area (Å²) in [4.78, 5) is 10.6. The Hall–Kier alpha value is -0.610. The zero-order valence-corrected chi connectivity index (χ0v) is 5.42. The molecule has 0 saturated heterocycles. The number of amides is 1. The van der Waals surface area contributed by atoms with Crippen LogP contribution in [0.15, 0.2) is 0 Å². The molecule has 9 heavy (non-hydrogen) atoms. The molecule has 1 atom stereocenters. The van der Waals surface area contributed by atoms with Crippen LogP contribution in [-0.4, -0.2) is 30.2 Å².